The molecule has 0 amide bonds. The second-order valence-electron chi connectivity index (χ2n) is 10.7. The van der Waals surface area contributed by atoms with Crippen LogP contribution < -0.4 is 20.1 Å². The number of ketones is 1. The zero-order chi connectivity index (χ0) is 32.1. The molecule has 5 rings (SSSR count). The van der Waals surface area contributed by atoms with Crippen molar-refractivity contribution < 1.29 is 23.8 Å². The van der Waals surface area contributed by atoms with Gasteiger partial charge in [-0.1, -0.05) is 91.0 Å². The zero-order valence-corrected chi connectivity index (χ0v) is 26.1. The van der Waals surface area contributed by atoms with Gasteiger partial charge in [0.25, 0.3) is 0 Å². The summed E-state index contributed by atoms with van der Waals surface area (Å²) in [5, 5.41) is 6.75. The van der Waals surface area contributed by atoms with Crippen LogP contribution in [0.2, 0.25) is 0 Å². The predicted molar refractivity (Wildman–Crippen MR) is 182 cm³/mol. The van der Waals surface area contributed by atoms with E-state index in [9.17, 15) is 9.59 Å². The minimum atomic E-state index is -0.693. The number of carbonyl (C=O) groups excluding carboxylic acids is 2. The fourth-order valence-corrected chi connectivity index (χ4v) is 5.29. The molecular formula is C39H38N2O5. The van der Waals surface area contributed by atoms with Crippen LogP contribution in [0.4, 0.5) is 11.4 Å². The summed E-state index contributed by atoms with van der Waals surface area (Å²) in [4.78, 5) is 26.0. The predicted octanol–water partition coefficient (Wildman–Crippen LogP) is 7.20. The minimum Gasteiger partial charge on any atom is -0.496 e. The lowest BCUT2D eigenvalue weighted by Crippen LogP contribution is -2.33. The highest BCUT2D eigenvalue weighted by atomic mass is 16.5. The van der Waals surface area contributed by atoms with Crippen molar-refractivity contribution in [1.29, 1.82) is 0 Å². The number of methoxy groups -OCH3 is 2. The Morgan fingerprint density at radius 2 is 1.35 bits per heavy atom. The number of benzene rings is 5. The number of nitrogens with one attached hydrogen (secondary N) is 2. The lowest BCUT2D eigenvalue weighted by molar-refractivity contribution is -0.141. The van der Waals surface area contributed by atoms with Gasteiger partial charge >= 0.3 is 5.97 Å². The topological polar surface area (TPSA) is 85.9 Å². The van der Waals surface area contributed by atoms with Gasteiger partial charge in [0.15, 0.2) is 5.78 Å². The molecule has 0 radical (unpaired) electrons. The maximum Gasteiger partial charge on any atom is 0.328 e. The van der Waals surface area contributed by atoms with Crippen molar-refractivity contribution >= 4 is 23.1 Å². The lowest BCUT2D eigenvalue weighted by Gasteiger charge is -2.20. The smallest absolute Gasteiger partial charge is 0.328 e. The van der Waals surface area contributed by atoms with E-state index in [0.717, 1.165) is 34.7 Å². The van der Waals surface area contributed by atoms with Crippen LogP contribution in [-0.2, 0) is 22.4 Å². The number of ether oxygens (including phenoxy) is 3. The number of para-hydroxylation sites is 3. The van der Waals surface area contributed by atoms with Crippen molar-refractivity contribution in [3.63, 3.8) is 0 Å². The summed E-state index contributed by atoms with van der Waals surface area (Å²) in [6.07, 6.45) is 1.12. The van der Waals surface area contributed by atoms with E-state index in [4.69, 9.17) is 14.2 Å². The molecule has 0 aliphatic carbocycles. The molecule has 0 aliphatic rings. The molecule has 0 heterocycles. The molecule has 0 saturated carbocycles. The Labute approximate surface area is 270 Å². The van der Waals surface area contributed by atoms with E-state index in [1.165, 1.54) is 12.7 Å². The summed E-state index contributed by atoms with van der Waals surface area (Å²) >= 11 is 0. The van der Waals surface area contributed by atoms with Gasteiger partial charge in [-0.3, -0.25) is 4.79 Å². The number of hydrogen-bond acceptors (Lipinski definition) is 7. The largest absolute Gasteiger partial charge is 0.496 e. The van der Waals surface area contributed by atoms with Gasteiger partial charge in [-0.2, -0.15) is 0 Å². The van der Waals surface area contributed by atoms with Crippen molar-refractivity contribution in [3.8, 4) is 11.5 Å². The molecule has 0 fully saturated rings. The van der Waals surface area contributed by atoms with Crippen LogP contribution in [0.15, 0.2) is 127 Å². The van der Waals surface area contributed by atoms with Gasteiger partial charge in [0.2, 0.25) is 0 Å². The molecule has 2 N–H and O–H groups in total. The quantitative estimate of drug-likeness (QED) is 0.0733. The summed E-state index contributed by atoms with van der Waals surface area (Å²) < 4.78 is 16.6. The Bertz CT molecular complexity index is 1740. The number of rotatable bonds is 15. The molecule has 234 valence electrons. The molecule has 7 heteroatoms. The molecule has 0 saturated heterocycles. The van der Waals surface area contributed by atoms with Crippen LogP contribution in [0.5, 0.6) is 11.5 Å². The molecule has 0 aromatic heterocycles. The molecule has 1 atom stereocenters. The molecule has 0 spiro atoms. The average molecular weight is 615 g/mol. The molecule has 1 unspecified atom stereocenters. The third-order valence-electron chi connectivity index (χ3n) is 7.66. The molecule has 0 bridgehead atoms. The van der Waals surface area contributed by atoms with E-state index in [1.54, 1.807) is 31.4 Å². The van der Waals surface area contributed by atoms with Gasteiger partial charge < -0.3 is 24.8 Å². The fourth-order valence-electron chi connectivity index (χ4n) is 5.29. The first-order chi connectivity index (χ1) is 22.6. The Kier molecular flexibility index (Phi) is 11.0. The van der Waals surface area contributed by atoms with Gasteiger partial charge in [-0.05, 0) is 53.1 Å². The van der Waals surface area contributed by atoms with Crippen molar-refractivity contribution in [1.82, 2.24) is 0 Å². The standard InChI is InChI=1S/C39H38N2O5/c1-44-37-19-11-7-15-31(37)27-30-14-6-9-17-34(30)40-24-25-46-32-22-20-28(21-23-32)26-36(39(43)45-2)41-35-18-10-8-16-33(35)38(42)29-12-4-3-5-13-29/h3-23,36,40-41H,24-27H2,1-2H3. The van der Waals surface area contributed by atoms with Gasteiger partial charge in [0, 0.05) is 41.9 Å². The number of hydrogen-bond donors (Lipinski definition) is 2. The average Bonchev–Trinajstić information content (AvgIpc) is 3.11. The maximum atomic E-state index is 13.2. The van der Waals surface area contributed by atoms with Crippen LogP contribution >= 0.6 is 0 Å². The van der Waals surface area contributed by atoms with Crippen molar-refractivity contribution in [2.24, 2.45) is 0 Å². The van der Waals surface area contributed by atoms with Gasteiger partial charge in [-0.25, -0.2) is 4.79 Å². The van der Waals surface area contributed by atoms with E-state index < -0.39 is 12.0 Å². The van der Waals surface area contributed by atoms with Crippen molar-refractivity contribution in [2.75, 3.05) is 38.0 Å². The van der Waals surface area contributed by atoms with Crippen LogP contribution in [-0.4, -0.2) is 45.2 Å². The highest BCUT2D eigenvalue weighted by Gasteiger charge is 2.22. The SMILES string of the molecule is COC(=O)C(Cc1ccc(OCCNc2ccccc2Cc2ccccc2OC)cc1)Nc1ccccc1C(=O)c1ccccc1. The zero-order valence-electron chi connectivity index (χ0n) is 26.1. The Morgan fingerprint density at radius 1 is 0.696 bits per heavy atom. The van der Waals surface area contributed by atoms with E-state index in [1.807, 2.05) is 84.9 Å². The van der Waals surface area contributed by atoms with Gasteiger partial charge in [0.1, 0.15) is 24.1 Å². The molecule has 46 heavy (non-hydrogen) atoms. The van der Waals surface area contributed by atoms with E-state index in [2.05, 4.69) is 28.8 Å². The van der Waals surface area contributed by atoms with E-state index in [-0.39, 0.29) is 5.78 Å². The Hall–Kier alpha value is -5.56. The fraction of sp³-hybridized carbons (Fsp3) is 0.179. The van der Waals surface area contributed by atoms with Crippen LogP contribution in [0.1, 0.15) is 32.6 Å². The number of esters is 1. The summed E-state index contributed by atoms with van der Waals surface area (Å²) in [5.41, 5.74) is 5.92. The first kappa shape index (κ1) is 31.9. The summed E-state index contributed by atoms with van der Waals surface area (Å²) in [7, 11) is 3.05. The third-order valence-corrected chi connectivity index (χ3v) is 7.66. The van der Waals surface area contributed by atoms with Crippen LogP contribution in [0, 0.1) is 0 Å². The van der Waals surface area contributed by atoms with Crippen molar-refractivity contribution in [3.05, 3.63) is 155 Å². The van der Waals surface area contributed by atoms with Gasteiger partial charge in [-0.15, -0.1) is 0 Å². The first-order valence-electron chi connectivity index (χ1n) is 15.2. The molecule has 7 nitrogen and oxygen atoms in total. The second-order valence-corrected chi connectivity index (χ2v) is 10.7. The Morgan fingerprint density at radius 3 is 2.09 bits per heavy atom. The normalized spacial score (nSPS) is 11.3. The molecular weight excluding hydrogens is 576 g/mol. The van der Waals surface area contributed by atoms with Crippen LogP contribution in [0.25, 0.3) is 0 Å². The van der Waals surface area contributed by atoms with Gasteiger partial charge in [0.05, 0.1) is 14.2 Å². The van der Waals surface area contributed by atoms with E-state index in [0.29, 0.717) is 36.4 Å². The highest BCUT2D eigenvalue weighted by Crippen LogP contribution is 2.25. The maximum absolute atomic E-state index is 13.2. The van der Waals surface area contributed by atoms with Crippen LogP contribution in [0.3, 0.4) is 0 Å². The monoisotopic (exact) mass is 614 g/mol. The first-order valence-corrected chi connectivity index (χ1v) is 15.2. The highest BCUT2D eigenvalue weighted by molar-refractivity contribution is 6.12. The lowest BCUT2D eigenvalue weighted by atomic mass is 10.00. The van der Waals surface area contributed by atoms with Crippen molar-refractivity contribution in [2.45, 2.75) is 18.9 Å². The second kappa shape index (κ2) is 16.0. The molecule has 5 aromatic carbocycles. The van der Waals surface area contributed by atoms with E-state index >= 15 is 0 Å². The number of carbonyl (C=O) groups is 2. The minimum absolute atomic E-state index is 0.122. The molecule has 0 aliphatic heterocycles. The Balaban J connectivity index is 1.17. The summed E-state index contributed by atoms with van der Waals surface area (Å²) in [5.74, 6) is 1.07. The summed E-state index contributed by atoms with van der Waals surface area (Å²) in [6, 6.07) is 39.5. The summed E-state index contributed by atoms with van der Waals surface area (Å²) in [6.45, 7) is 1.10. The number of anilines is 2. The molecule has 5 aromatic rings. The third kappa shape index (κ3) is 8.33.